The number of primary amides is 1. The number of nitrogens with two attached hydrogens (primary N) is 2. The minimum Gasteiger partial charge on any atom is -0.480 e. The van der Waals surface area contributed by atoms with E-state index in [0.29, 0.717) is 12.0 Å². The molecule has 1 aromatic carbocycles. The van der Waals surface area contributed by atoms with Crippen molar-refractivity contribution in [2.75, 3.05) is 0 Å². The Morgan fingerprint density at radius 2 is 1.41 bits per heavy atom. The molecule has 12 nitrogen and oxygen atoms in total. The molecule has 0 saturated heterocycles. The van der Waals surface area contributed by atoms with Crippen LogP contribution in [0.15, 0.2) is 30.5 Å². The van der Waals surface area contributed by atoms with Crippen LogP contribution in [0, 0.1) is 11.8 Å². The van der Waals surface area contributed by atoms with Crippen molar-refractivity contribution in [3.05, 3.63) is 36.0 Å². The normalized spacial score (nSPS) is 14.4. The van der Waals surface area contributed by atoms with Crippen molar-refractivity contribution in [3.63, 3.8) is 0 Å². The molecule has 1 heterocycles. The zero-order valence-corrected chi connectivity index (χ0v) is 22.8. The summed E-state index contributed by atoms with van der Waals surface area (Å²) in [5.74, 6) is -4.11. The second-order valence-corrected chi connectivity index (χ2v) is 10.6. The van der Waals surface area contributed by atoms with Crippen molar-refractivity contribution < 1.29 is 29.1 Å². The average Bonchev–Trinajstić information content (AvgIpc) is 3.24. The maximum absolute atomic E-state index is 13.2. The summed E-state index contributed by atoms with van der Waals surface area (Å²) in [5.41, 5.74) is 12.8. The molecule has 0 spiro atoms. The molecule has 1 aromatic heterocycles. The van der Waals surface area contributed by atoms with Gasteiger partial charge in [0.1, 0.15) is 18.1 Å². The summed E-state index contributed by atoms with van der Waals surface area (Å²) in [6.07, 6.45) is 1.73. The molecule has 2 aromatic rings. The number of para-hydroxylation sites is 1. The van der Waals surface area contributed by atoms with E-state index in [1.165, 1.54) is 0 Å². The molecule has 0 aliphatic rings. The van der Waals surface area contributed by atoms with Gasteiger partial charge in [0, 0.05) is 23.5 Å². The Bertz CT molecular complexity index is 1180. The third kappa shape index (κ3) is 9.71. The van der Waals surface area contributed by atoms with Crippen molar-refractivity contribution in [2.24, 2.45) is 23.3 Å². The largest absolute Gasteiger partial charge is 0.480 e. The maximum atomic E-state index is 13.2. The lowest BCUT2D eigenvalue weighted by Crippen LogP contribution is -2.58. The van der Waals surface area contributed by atoms with Crippen molar-refractivity contribution in [3.8, 4) is 0 Å². The summed E-state index contributed by atoms with van der Waals surface area (Å²) in [6.45, 7) is 7.55. The fourth-order valence-electron chi connectivity index (χ4n) is 4.27. The van der Waals surface area contributed by atoms with E-state index in [9.17, 15) is 29.1 Å². The summed E-state index contributed by atoms with van der Waals surface area (Å²) in [4.78, 5) is 65.6. The van der Waals surface area contributed by atoms with Crippen molar-refractivity contribution in [1.82, 2.24) is 20.9 Å². The number of hydrogen-bond acceptors (Lipinski definition) is 6. The van der Waals surface area contributed by atoms with Crippen LogP contribution in [0.5, 0.6) is 0 Å². The number of aliphatic carboxylic acids is 1. The van der Waals surface area contributed by atoms with Crippen LogP contribution >= 0.6 is 0 Å². The van der Waals surface area contributed by atoms with E-state index in [2.05, 4.69) is 20.9 Å². The Morgan fingerprint density at radius 3 is 2.00 bits per heavy atom. The number of carboxylic acids is 1. The van der Waals surface area contributed by atoms with Crippen molar-refractivity contribution in [1.29, 1.82) is 0 Å². The number of nitrogens with one attached hydrogen (secondary N) is 4. The van der Waals surface area contributed by atoms with Gasteiger partial charge in [-0.05, 0) is 36.3 Å². The molecule has 0 fully saturated rings. The van der Waals surface area contributed by atoms with Crippen LogP contribution in [-0.2, 0) is 30.4 Å². The highest BCUT2D eigenvalue weighted by Crippen LogP contribution is 2.19. The number of fused-ring (bicyclic) bond motifs is 1. The van der Waals surface area contributed by atoms with Gasteiger partial charge < -0.3 is 37.5 Å². The number of amides is 4. The highest BCUT2D eigenvalue weighted by atomic mass is 16.4. The van der Waals surface area contributed by atoms with Crippen LogP contribution < -0.4 is 27.4 Å². The molecule has 4 amide bonds. The van der Waals surface area contributed by atoms with E-state index >= 15 is 0 Å². The molecule has 4 unspecified atom stereocenters. The number of carbonyl (C=O) groups excluding carboxylic acids is 4. The number of rotatable bonds is 15. The second-order valence-electron chi connectivity index (χ2n) is 10.6. The number of aromatic nitrogens is 1. The third-order valence-corrected chi connectivity index (χ3v) is 6.15. The SMILES string of the molecule is CC(C)CC(N)C(=O)NC(CC(C)C)C(=O)NC(CC(N)=O)C(=O)NC(Cc1c[nH]c2ccccc12)C(=O)O. The Labute approximate surface area is 227 Å². The molecule has 0 saturated carbocycles. The molecule has 0 radical (unpaired) electrons. The van der Waals surface area contributed by atoms with Crippen LogP contribution in [-0.4, -0.2) is 63.9 Å². The molecule has 4 atom stereocenters. The summed E-state index contributed by atoms with van der Waals surface area (Å²) in [5, 5.41) is 18.1. The van der Waals surface area contributed by atoms with Gasteiger partial charge in [0.2, 0.25) is 23.6 Å². The standard InChI is InChI=1S/C27H40N6O6/c1-14(2)9-18(28)24(35)31-20(10-15(3)4)25(36)32-21(12-23(29)34)26(37)33-22(27(38)39)11-16-13-30-19-8-6-5-7-17(16)19/h5-8,13-15,18,20-22,30H,9-12,28H2,1-4H3,(H2,29,34)(H,31,35)(H,32,36)(H,33,37)(H,38,39). The minimum absolute atomic E-state index is 0.00152. The number of carboxylic acid groups (broad SMARTS) is 1. The first-order valence-corrected chi connectivity index (χ1v) is 13.0. The van der Waals surface area contributed by atoms with Gasteiger partial charge in [-0.15, -0.1) is 0 Å². The van der Waals surface area contributed by atoms with Crippen molar-refractivity contribution in [2.45, 2.75) is 77.5 Å². The predicted molar refractivity (Wildman–Crippen MR) is 146 cm³/mol. The number of H-pyrrole nitrogens is 1. The predicted octanol–water partition coefficient (Wildman–Crippen LogP) is 0.544. The van der Waals surface area contributed by atoms with Gasteiger partial charge in [-0.25, -0.2) is 4.79 Å². The second kappa shape index (κ2) is 14.3. The molecule has 39 heavy (non-hydrogen) atoms. The summed E-state index contributed by atoms with van der Waals surface area (Å²) in [6, 6.07) is 2.68. The maximum Gasteiger partial charge on any atom is 0.326 e. The van der Waals surface area contributed by atoms with Gasteiger partial charge in [0.05, 0.1) is 12.5 Å². The van der Waals surface area contributed by atoms with Gasteiger partial charge in [0.25, 0.3) is 0 Å². The summed E-state index contributed by atoms with van der Waals surface area (Å²) < 4.78 is 0. The number of benzene rings is 1. The topological polar surface area (TPSA) is 209 Å². The Kier molecular flexibility index (Phi) is 11.5. The molecule has 2 rings (SSSR count). The summed E-state index contributed by atoms with van der Waals surface area (Å²) in [7, 11) is 0. The van der Waals surface area contributed by atoms with Gasteiger partial charge in [-0.3, -0.25) is 19.2 Å². The molecular formula is C27H40N6O6. The highest BCUT2D eigenvalue weighted by molar-refractivity contribution is 5.96. The minimum atomic E-state index is -1.45. The Balaban J connectivity index is 2.18. The van der Waals surface area contributed by atoms with Crippen LogP contribution in [0.1, 0.15) is 52.5 Å². The van der Waals surface area contributed by atoms with Crippen LogP contribution in [0.3, 0.4) is 0 Å². The molecule has 12 heteroatoms. The molecule has 9 N–H and O–H groups in total. The average molecular weight is 545 g/mol. The first kappa shape index (κ1) is 31.3. The number of aromatic amines is 1. The van der Waals surface area contributed by atoms with Crippen LogP contribution in [0.25, 0.3) is 10.9 Å². The van der Waals surface area contributed by atoms with E-state index in [1.807, 2.05) is 52.0 Å². The van der Waals surface area contributed by atoms with E-state index in [1.54, 1.807) is 6.20 Å². The number of carbonyl (C=O) groups is 5. The lowest BCUT2D eigenvalue weighted by Gasteiger charge is -2.26. The van der Waals surface area contributed by atoms with E-state index < -0.39 is 60.2 Å². The monoisotopic (exact) mass is 544 g/mol. The Morgan fingerprint density at radius 1 is 0.846 bits per heavy atom. The third-order valence-electron chi connectivity index (χ3n) is 6.15. The first-order chi connectivity index (χ1) is 18.3. The molecular weight excluding hydrogens is 504 g/mol. The molecule has 0 bridgehead atoms. The van der Waals surface area contributed by atoms with Gasteiger partial charge in [-0.1, -0.05) is 45.9 Å². The van der Waals surface area contributed by atoms with Crippen LogP contribution in [0.4, 0.5) is 0 Å². The van der Waals surface area contributed by atoms with E-state index in [-0.39, 0.29) is 24.7 Å². The van der Waals surface area contributed by atoms with E-state index in [4.69, 9.17) is 11.5 Å². The van der Waals surface area contributed by atoms with E-state index in [0.717, 1.165) is 10.9 Å². The van der Waals surface area contributed by atoms with Crippen molar-refractivity contribution >= 4 is 40.5 Å². The fraction of sp³-hybridized carbons (Fsp3) is 0.519. The lowest BCUT2D eigenvalue weighted by molar-refractivity contribution is -0.142. The van der Waals surface area contributed by atoms with Gasteiger partial charge in [-0.2, -0.15) is 0 Å². The lowest BCUT2D eigenvalue weighted by atomic mass is 10.00. The van der Waals surface area contributed by atoms with Crippen LogP contribution in [0.2, 0.25) is 0 Å². The molecule has 0 aliphatic carbocycles. The fourth-order valence-corrected chi connectivity index (χ4v) is 4.27. The summed E-state index contributed by atoms with van der Waals surface area (Å²) >= 11 is 0. The molecule has 0 aliphatic heterocycles. The van der Waals surface area contributed by atoms with Gasteiger partial charge >= 0.3 is 5.97 Å². The number of hydrogen-bond donors (Lipinski definition) is 7. The Hall–Kier alpha value is -3.93. The zero-order valence-electron chi connectivity index (χ0n) is 22.8. The molecule has 214 valence electrons. The smallest absolute Gasteiger partial charge is 0.326 e. The first-order valence-electron chi connectivity index (χ1n) is 13.0. The highest BCUT2D eigenvalue weighted by Gasteiger charge is 2.32. The quantitative estimate of drug-likeness (QED) is 0.169. The zero-order chi connectivity index (χ0) is 29.3. The van der Waals surface area contributed by atoms with Gasteiger partial charge in [0.15, 0.2) is 0 Å².